The molecule has 0 saturated heterocycles. The van der Waals surface area contributed by atoms with E-state index in [1.54, 1.807) is 12.3 Å². The normalized spacial score (nSPS) is 9.19. The van der Waals surface area contributed by atoms with E-state index in [1.165, 1.54) is 0 Å². The summed E-state index contributed by atoms with van der Waals surface area (Å²) >= 11 is 0. The van der Waals surface area contributed by atoms with Gasteiger partial charge < -0.3 is 10.6 Å². The summed E-state index contributed by atoms with van der Waals surface area (Å²) in [6.45, 7) is 3.23. The molecule has 1 aromatic rings. The number of nitriles is 2. The molecular weight excluding hydrogens is 202 g/mol. The van der Waals surface area contributed by atoms with Crippen molar-refractivity contribution in [3.05, 3.63) is 17.8 Å². The first-order valence-corrected chi connectivity index (χ1v) is 5.01. The minimum atomic E-state index is 0.379. The number of anilines is 2. The van der Waals surface area contributed by atoms with Crippen LogP contribution in [0, 0.1) is 22.7 Å². The molecule has 0 spiro atoms. The fourth-order valence-corrected chi connectivity index (χ4v) is 1.41. The minimum Gasteiger partial charge on any atom is -0.395 e. The van der Waals surface area contributed by atoms with E-state index in [4.69, 9.17) is 16.3 Å². The Balaban J connectivity index is 3.02. The Morgan fingerprint density at radius 1 is 1.50 bits per heavy atom. The maximum Gasteiger partial charge on any atom is 0.153 e. The molecule has 5 nitrogen and oxygen atoms in total. The number of hydrogen-bond acceptors (Lipinski definition) is 5. The van der Waals surface area contributed by atoms with Gasteiger partial charge in [0.25, 0.3) is 0 Å². The Bertz CT molecular complexity index is 441. The van der Waals surface area contributed by atoms with Crippen molar-refractivity contribution >= 4 is 11.5 Å². The molecule has 82 valence electrons. The van der Waals surface area contributed by atoms with Gasteiger partial charge in [0.2, 0.25) is 0 Å². The van der Waals surface area contributed by atoms with Gasteiger partial charge in [0.15, 0.2) is 5.82 Å². The minimum absolute atomic E-state index is 0.379. The fraction of sp³-hybridized carbons (Fsp3) is 0.364. The Morgan fingerprint density at radius 3 is 2.81 bits per heavy atom. The summed E-state index contributed by atoms with van der Waals surface area (Å²) < 4.78 is 0. The van der Waals surface area contributed by atoms with Gasteiger partial charge in [-0.05, 0) is 13.0 Å². The van der Waals surface area contributed by atoms with Crippen LogP contribution in [0.1, 0.15) is 18.9 Å². The number of aromatic nitrogens is 1. The van der Waals surface area contributed by atoms with Crippen molar-refractivity contribution in [3.63, 3.8) is 0 Å². The number of hydrogen-bond donors (Lipinski definition) is 1. The standard InChI is InChI=1S/C11H13N5/c1-2-16(7-3-5-12)11-10(14)9(8-13)4-6-15-11/h4,6H,2-3,7,14H2,1H3. The predicted octanol–water partition coefficient (Wildman–Crippen LogP) is 1.28. The van der Waals surface area contributed by atoms with E-state index in [2.05, 4.69) is 11.1 Å². The van der Waals surface area contributed by atoms with E-state index in [1.807, 2.05) is 17.9 Å². The van der Waals surface area contributed by atoms with Crippen LogP contribution >= 0.6 is 0 Å². The lowest BCUT2D eigenvalue weighted by Gasteiger charge is -2.22. The molecule has 0 radical (unpaired) electrons. The molecule has 2 N–H and O–H groups in total. The van der Waals surface area contributed by atoms with Gasteiger partial charge in [-0.25, -0.2) is 4.98 Å². The zero-order valence-electron chi connectivity index (χ0n) is 9.14. The Hall–Kier alpha value is -2.27. The van der Waals surface area contributed by atoms with Crippen molar-refractivity contribution in [1.82, 2.24) is 4.98 Å². The van der Waals surface area contributed by atoms with Gasteiger partial charge in [-0.1, -0.05) is 0 Å². The van der Waals surface area contributed by atoms with Crippen molar-refractivity contribution in [2.75, 3.05) is 23.7 Å². The summed E-state index contributed by atoms with van der Waals surface area (Å²) in [4.78, 5) is 6.04. The molecule has 0 bridgehead atoms. The first-order chi connectivity index (χ1) is 7.74. The zero-order chi connectivity index (χ0) is 12.0. The molecule has 1 rings (SSSR count). The van der Waals surface area contributed by atoms with Crippen LogP contribution in [0.25, 0.3) is 0 Å². The lowest BCUT2D eigenvalue weighted by Crippen LogP contribution is -2.26. The number of pyridine rings is 1. The zero-order valence-corrected chi connectivity index (χ0v) is 9.14. The van der Waals surface area contributed by atoms with Crippen molar-refractivity contribution in [2.24, 2.45) is 0 Å². The second kappa shape index (κ2) is 5.57. The molecule has 0 unspecified atom stereocenters. The van der Waals surface area contributed by atoms with Crippen LogP contribution in [-0.4, -0.2) is 18.1 Å². The van der Waals surface area contributed by atoms with Crippen LogP contribution in [-0.2, 0) is 0 Å². The molecule has 0 amide bonds. The molecule has 0 fully saturated rings. The lowest BCUT2D eigenvalue weighted by molar-refractivity contribution is 0.812. The third kappa shape index (κ3) is 2.40. The summed E-state index contributed by atoms with van der Waals surface area (Å²) in [6.07, 6.45) is 1.96. The molecule has 0 atom stereocenters. The Morgan fingerprint density at radius 2 is 2.25 bits per heavy atom. The third-order valence-electron chi connectivity index (χ3n) is 2.26. The molecule has 1 aromatic heterocycles. The average Bonchev–Trinajstić information content (AvgIpc) is 2.32. The first kappa shape index (κ1) is 11.8. The van der Waals surface area contributed by atoms with Crippen LogP contribution in [0.15, 0.2) is 12.3 Å². The molecule has 1 heterocycles. The van der Waals surface area contributed by atoms with Crippen molar-refractivity contribution < 1.29 is 0 Å². The van der Waals surface area contributed by atoms with E-state index in [9.17, 15) is 0 Å². The quantitative estimate of drug-likeness (QED) is 0.816. The van der Waals surface area contributed by atoms with E-state index < -0.39 is 0 Å². The molecule has 0 aromatic carbocycles. The predicted molar refractivity (Wildman–Crippen MR) is 61.5 cm³/mol. The average molecular weight is 215 g/mol. The summed E-state index contributed by atoms with van der Waals surface area (Å²) in [5, 5.41) is 17.4. The summed E-state index contributed by atoms with van der Waals surface area (Å²) in [5.41, 5.74) is 6.63. The van der Waals surface area contributed by atoms with Gasteiger partial charge in [0, 0.05) is 19.3 Å². The number of nitrogens with two attached hydrogens (primary N) is 1. The van der Waals surface area contributed by atoms with Crippen LogP contribution in [0.5, 0.6) is 0 Å². The van der Waals surface area contributed by atoms with Crippen LogP contribution in [0.2, 0.25) is 0 Å². The largest absolute Gasteiger partial charge is 0.395 e. The molecule has 5 heteroatoms. The molecule has 0 aliphatic heterocycles. The second-order valence-electron chi connectivity index (χ2n) is 3.20. The highest BCUT2D eigenvalue weighted by Crippen LogP contribution is 2.23. The van der Waals surface area contributed by atoms with Crippen molar-refractivity contribution in [1.29, 1.82) is 10.5 Å². The van der Waals surface area contributed by atoms with E-state index in [0.29, 0.717) is 36.6 Å². The van der Waals surface area contributed by atoms with Crippen LogP contribution < -0.4 is 10.6 Å². The Labute approximate surface area is 94.7 Å². The Kier molecular flexibility index (Phi) is 4.11. The second-order valence-corrected chi connectivity index (χ2v) is 3.20. The third-order valence-corrected chi connectivity index (χ3v) is 2.26. The van der Waals surface area contributed by atoms with E-state index in [0.717, 1.165) is 0 Å². The fourth-order valence-electron chi connectivity index (χ4n) is 1.41. The highest BCUT2D eigenvalue weighted by atomic mass is 15.2. The van der Waals surface area contributed by atoms with Gasteiger partial charge in [0.1, 0.15) is 6.07 Å². The molecule has 0 aliphatic rings. The smallest absolute Gasteiger partial charge is 0.153 e. The van der Waals surface area contributed by atoms with Crippen molar-refractivity contribution in [3.8, 4) is 12.1 Å². The molecular formula is C11H13N5. The number of nitrogens with zero attached hydrogens (tertiary/aromatic N) is 4. The van der Waals surface area contributed by atoms with Gasteiger partial charge in [0.05, 0.1) is 23.7 Å². The maximum atomic E-state index is 8.84. The summed E-state index contributed by atoms with van der Waals surface area (Å²) in [7, 11) is 0. The van der Waals surface area contributed by atoms with Gasteiger partial charge in [-0.3, -0.25) is 0 Å². The van der Waals surface area contributed by atoms with E-state index >= 15 is 0 Å². The monoisotopic (exact) mass is 215 g/mol. The molecule has 0 saturated carbocycles. The molecule has 0 aliphatic carbocycles. The van der Waals surface area contributed by atoms with Gasteiger partial charge in [-0.2, -0.15) is 10.5 Å². The highest BCUT2D eigenvalue weighted by molar-refractivity contribution is 5.69. The van der Waals surface area contributed by atoms with Crippen LogP contribution in [0.4, 0.5) is 11.5 Å². The van der Waals surface area contributed by atoms with Gasteiger partial charge >= 0.3 is 0 Å². The first-order valence-electron chi connectivity index (χ1n) is 5.01. The SMILES string of the molecule is CCN(CCC#N)c1nccc(C#N)c1N. The summed E-state index contributed by atoms with van der Waals surface area (Å²) in [5.74, 6) is 0.580. The van der Waals surface area contributed by atoms with E-state index in [-0.39, 0.29) is 0 Å². The lowest BCUT2D eigenvalue weighted by atomic mass is 10.2. The molecule has 16 heavy (non-hydrogen) atoms. The van der Waals surface area contributed by atoms with Crippen molar-refractivity contribution in [2.45, 2.75) is 13.3 Å². The number of nitrogen functional groups attached to an aromatic ring is 1. The summed E-state index contributed by atoms with van der Waals surface area (Å²) in [6, 6.07) is 5.67. The highest BCUT2D eigenvalue weighted by Gasteiger charge is 2.11. The van der Waals surface area contributed by atoms with Gasteiger partial charge in [-0.15, -0.1) is 0 Å². The topological polar surface area (TPSA) is 89.7 Å². The number of rotatable bonds is 4. The van der Waals surface area contributed by atoms with Crippen LogP contribution in [0.3, 0.4) is 0 Å². The maximum absolute atomic E-state index is 8.84.